The molecule has 193 valence electrons. The Morgan fingerprint density at radius 1 is 0.730 bits per heavy atom. The molecule has 4 rings (SSSR count). The Bertz CT molecular complexity index is 1820. The zero-order chi connectivity index (χ0) is 25.0. The van der Waals surface area contributed by atoms with E-state index < -0.39 is 0 Å². The van der Waals surface area contributed by atoms with Crippen LogP contribution < -0.4 is 9.47 Å². The van der Waals surface area contributed by atoms with Gasteiger partial charge in [-0.05, 0) is 63.9 Å². The van der Waals surface area contributed by atoms with E-state index in [0.717, 1.165) is 33.2 Å². The SMILES string of the molecule is C#CC#CC#COc1ccc(-c2cc[c-]c(-c3nccc4ccccc34)c2)cc1OC#CC#CC#C.[HH].[HH].[HH].[HH].[HH].[HH].[HH].[HH].[HH].[HH].[Ir]. The normalized spacial score (nSPS) is 8.49. The smallest absolute Gasteiger partial charge is 0.184 e. The molecule has 0 atom stereocenters. The van der Waals surface area contributed by atoms with Crippen LogP contribution in [-0.4, -0.2) is 4.98 Å². The van der Waals surface area contributed by atoms with E-state index in [9.17, 15) is 0 Å². The van der Waals surface area contributed by atoms with Crippen LogP contribution >= 0.6 is 0 Å². The summed E-state index contributed by atoms with van der Waals surface area (Å²) in [5.41, 5.74) is 3.52. The summed E-state index contributed by atoms with van der Waals surface area (Å²) in [4.78, 5) is 4.60. The summed E-state index contributed by atoms with van der Waals surface area (Å²) in [6, 6.07) is 24.6. The average Bonchev–Trinajstić information content (AvgIpc) is 2.93. The van der Waals surface area contributed by atoms with Crippen LogP contribution in [0.25, 0.3) is 33.2 Å². The summed E-state index contributed by atoms with van der Waals surface area (Å²) in [6.45, 7) is 0. The molecule has 0 aliphatic heterocycles. The van der Waals surface area contributed by atoms with Gasteiger partial charge in [-0.15, -0.1) is 48.2 Å². The number of rotatable bonds is 4. The van der Waals surface area contributed by atoms with Gasteiger partial charge >= 0.3 is 0 Å². The predicted molar refractivity (Wildman–Crippen MR) is 163 cm³/mol. The van der Waals surface area contributed by atoms with Crippen LogP contribution in [0.15, 0.2) is 72.9 Å². The predicted octanol–water partition coefficient (Wildman–Crippen LogP) is 7.78. The quantitative estimate of drug-likeness (QED) is 0.165. The van der Waals surface area contributed by atoms with E-state index in [1.54, 1.807) is 18.3 Å². The van der Waals surface area contributed by atoms with Crippen molar-refractivity contribution in [2.75, 3.05) is 0 Å². The second kappa shape index (κ2) is 13.5. The average molecular weight is 669 g/mol. The van der Waals surface area contributed by atoms with Crippen LogP contribution in [0.2, 0.25) is 0 Å². The molecule has 4 heteroatoms. The van der Waals surface area contributed by atoms with Crippen LogP contribution in [0, 0.1) is 78.5 Å². The molecule has 0 aliphatic carbocycles. The number of aromatic nitrogens is 1. The second-order valence-corrected chi connectivity index (χ2v) is 6.98. The van der Waals surface area contributed by atoms with Crippen molar-refractivity contribution in [3.8, 4) is 106 Å². The van der Waals surface area contributed by atoms with Crippen molar-refractivity contribution in [2.24, 2.45) is 0 Å². The Morgan fingerprint density at radius 2 is 1.43 bits per heavy atom. The molecule has 1 radical (unpaired) electrons. The molecule has 0 aliphatic rings. The summed E-state index contributed by atoms with van der Waals surface area (Å²) < 4.78 is 11.1. The molecule has 0 bridgehead atoms. The Kier molecular flexibility index (Phi) is 9.62. The van der Waals surface area contributed by atoms with Crippen molar-refractivity contribution < 1.29 is 43.8 Å². The van der Waals surface area contributed by atoms with E-state index >= 15 is 0 Å². The van der Waals surface area contributed by atoms with Crippen molar-refractivity contribution in [1.82, 2.24) is 4.98 Å². The van der Waals surface area contributed by atoms with Gasteiger partial charge in [-0.2, -0.15) is 0 Å². The number of terminal acetylenes is 2. The van der Waals surface area contributed by atoms with E-state index in [4.69, 9.17) is 22.3 Å². The van der Waals surface area contributed by atoms with Crippen molar-refractivity contribution in [3.63, 3.8) is 0 Å². The Balaban J connectivity index is -0.000000230. The van der Waals surface area contributed by atoms with Crippen molar-refractivity contribution >= 4 is 10.8 Å². The number of pyridine rings is 1. The Labute approximate surface area is 244 Å². The minimum atomic E-state index is 0. The largest absolute Gasteiger partial charge is 0.403 e. The van der Waals surface area contributed by atoms with Crippen LogP contribution in [0.5, 0.6) is 11.5 Å². The molecule has 0 spiro atoms. The van der Waals surface area contributed by atoms with Crippen molar-refractivity contribution in [1.29, 1.82) is 0 Å². The zero-order valence-corrected chi connectivity index (χ0v) is 21.6. The number of ether oxygens (including phenoxy) is 2. The second-order valence-electron chi connectivity index (χ2n) is 6.98. The minimum Gasteiger partial charge on any atom is -0.403 e. The molecular weight excluding hydrogens is 635 g/mol. The summed E-state index contributed by atoms with van der Waals surface area (Å²) in [7, 11) is 0. The van der Waals surface area contributed by atoms with E-state index in [1.807, 2.05) is 48.5 Å². The first-order valence-electron chi connectivity index (χ1n) is 10.6. The maximum atomic E-state index is 5.58. The zero-order valence-electron chi connectivity index (χ0n) is 19.2. The number of fused-ring (bicyclic) bond motifs is 1. The topological polar surface area (TPSA) is 31.4 Å². The van der Waals surface area contributed by atoms with Gasteiger partial charge in [0.05, 0.1) is 0 Å². The summed E-state index contributed by atoms with van der Waals surface area (Å²) in [5.74, 6) is 19.9. The molecule has 0 amide bonds. The monoisotopic (exact) mass is 669 g/mol. The maximum Gasteiger partial charge on any atom is 0.184 e. The van der Waals surface area contributed by atoms with Crippen LogP contribution in [-0.2, 0) is 20.1 Å². The Morgan fingerprint density at radius 3 is 2.19 bits per heavy atom. The van der Waals surface area contributed by atoms with Gasteiger partial charge in [-0.1, -0.05) is 30.3 Å². The molecule has 1 heterocycles. The van der Waals surface area contributed by atoms with Gasteiger partial charge < -0.3 is 14.5 Å². The van der Waals surface area contributed by atoms with Crippen molar-refractivity contribution in [3.05, 3.63) is 79.0 Å². The van der Waals surface area contributed by atoms with Gasteiger partial charge in [-0.3, -0.25) is 0 Å². The third-order valence-electron chi connectivity index (χ3n) is 4.83. The molecule has 37 heavy (non-hydrogen) atoms. The molecule has 1 aromatic heterocycles. The molecule has 4 aromatic rings. The minimum absolute atomic E-state index is 0. The first-order chi connectivity index (χ1) is 17.8. The van der Waals surface area contributed by atoms with E-state index in [2.05, 4.69) is 76.7 Å². The first-order valence-corrected chi connectivity index (χ1v) is 10.6. The molecule has 3 aromatic carbocycles. The fourth-order valence-corrected chi connectivity index (χ4v) is 3.32. The number of hydrogen-bond acceptors (Lipinski definition) is 3. The van der Waals surface area contributed by atoms with Gasteiger partial charge in [0.2, 0.25) is 0 Å². The standard InChI is InChI=1S/C33H14NO2.Ir.10H2/c1-3-5-7-11-22-35-31-19-18-28(25-32(31)36-23-12-8-6-4-2)27-15-13-16-29(24-27)33-30-17-10-9-14-26(30)20-21-34-33;;;;;;;;;;;/h1-2,9-10,13-15,17-21,24-25H;;10*1H/q-1;;;;;;;;;;;. The summed E-state index contributed by atoms with van der Waals surface area (Å²) in [6.07, 6.45) is 17.0. The van der Waals surface area contributed by atoms with E-state index in [1.165, 1.54) is 0 Å². The maximum absolute atomic E-state index is 5.58. The molecule has 3 nitrogen and oxygen atoms in total. The van der Waals surface area contributed by atoms with Gasteiger partial charge in [0.1, 0.15) is 12.2 Å². The van der Waals surface area contributed by atoms with Crippen LogP contribution in [0.4, 0.5) is 0 Å². The van der Waals surface area contributed by atoms with Crippen LogP contribution in [0.1, 0.15) is 14.3 Å². The summed E-state index contributed by atoms with van der Waals surface area (Å²) >= 11 is 0. The van der Waals surface area contributed by atoms with Gasteiger partial charge in [0.25, 0.3) is 0 Å². The third-order valence-corrected chi connectivity index (χ3v) is 4.83. The number of benzene rings is 3. The van der Waals surface area contributed by atoms with Crippen LogP contribution in [0.3, 0.4) is 0 Å². The van der Waals surface area contributed by atoms with Gasteiger partial charge in [0, 0.05) is 64.3 Å². The fourth-order valence-electron chi connectivity index (χ4n) is 3.32. The molecule has 0 saturated carbocycles. The fraction of sp³-hybridized carbons (Fsp3) is 0. The molecular formula is C33H34IrNO2-. The number of hydrogen-bond donors (Lipinski definition) is 0. The van der Waals surface area contributed by atoms with E-state index in [0.29, 0.717) is 11.5 Å². The third kappa shape index (κ3) is 6.85. The summed E-state index contributed by atoms with van der Waals surface area (Å²) in [5, 5.41) is 2.16. The molecule has 0 fully saturated rings. The van der Waals surface area contributed by atoms with Gasteiger partial charge in [-0.25, -0.2) is 0 Å². The number of nitrogens with zero attached hydrogens (tertiary/aromatic N) is 1. The first kappa shape index (κ1) is 26.3. The Hall–Kier alpha value is -5.32. The molecule has 0 saturated heterocycles. The van der Waals surface area contributed by atoms with Gasteiger partial charge in [0.15, 0.2) is 11.5 Å². The molecule has 0 N–H and O–H groups in total. The van der Waals surface area contributed by atoms with Crippen molar-refractivity contribution in [2.45, 2.75) is 0 Å². The molecule has 0 unspecified atom stereocenters. The van der Waals surface area contributed by atoms with E-state index in [-0.39, 0.29) is 34.4 Å².